The van der Waals surface area contributed by atoms with E-state index >= 15 is 0 Å². The topological polar surface area (TPSA) is 41.1 Å². The molecule has 0 bridgehead atoms. The lowest BCUT2D eigenvalue weighted by Crippen LogP contribution is -2.37. The third kappa shape index (κ3) is 3.57. The van der Waals surface area contributed by atoms with Gasteiger partial charge in [0.2, 0.25) is 5.91 Å². The molecule has 0 aliphatic carbocycles. The smallest absolute Gasteiger partial charge is 0.227 e. The normalized spacial score (nSPS) is 18.3. The summed E-state index contributed by atoms with van der Waals surface area (Å²) in [6.07, 6.45) is 2.33. The molecule has 1 amide bonds. The van der Waals surface area contributed by atoms with Gasteiger partial charge in [0.15, 0.2) is 0 Å². The second kappa shape index (κ2) is 6.55. The zero-order valence-electron chi connectivity index (χ0n) is 11.0. The summed E-state index contributed by atoms with van der Waals surface area (Å²) in [5.74, 6) is 0.714. The molecule has 1 fully saturated rings. The lowest BCUT2D eigenvalue weighted by Gasteiger charge is -2.23. The molecule has 98 valence electrons. The van der Waals surface area contributed by atoms with Crippen LogP contribution >= 0.6 is 0 Å². The molecule has 1 heterocycles. The summed E-state index contributed by atoms with van der Waals surface area (Å²) < 4.78 is 0. The number of nitrogens with one attached hydrogen (secondary N) is 2. The van der Waals surface area contributed by atoms with Crippen molar-refractivity contribution in [3.8, 4) is 0 Å². The van der Waals surface area contributed by atoms with Crippen molar-refractivity contribution in [3.05, 3.63) is 35.9 Å². The standard InChI is InChI=1S/C15H22N2O/c1-12(14-5-3-2-4-6-14)15(18)17-11-13-7-9-16-10-8-13/h2-6,12-13,16H,7-11H2,1H3,(H,17,18). The van der Waals surface area contributed by atoms with E-state index in [1.165, 1.54) is 12.8 Å². The highest BCUT2D eigenvalue weighted by molar-refractivity contribution is 5.83. The van der Waals surface area contributed by atoms with Crippen molar-refractivity contribution in [2.24, 2.45) is 5.92 Å². The number of hydrogen-bond acceptors (Lipinski definition) is 2. The van der Waals surface area contributed by atoms with Gasteiger partial charge in [-0.2, -0.15) is 0 Å². The maximum atomic E-state index is 12.1. The van der Waals surface area contributed by atoms with E-state index in [2.05, 4.69) is 10.6 Å². The highest BCUT2D eigenvalue weighted by Gasteiger charge is 2.17. The van der Waals surface area contributed by atoms with E-state index in [0.717, 1.165) is 25.2 Å². The third-order valence-electron chi connectivity index (χ3n) is 3.72. The summed E-state index contributed by atoms with van der Waals surface area (Å²) in [7, 11) is 0. The van der Waals surface area contributed by atoms with Gasteiger partial charge in [0.05, 0.1) is 5.92 Å². The summed E-state index contributed by atoms with van der Waals surface area (Å²) in [6, 6.07) is 9.95. The molecular weight excluding hydrogens is 224 g/mol. The largest absolute Gasteiger partial charge is 0.355 e. The number of carbonyl (C=O) groups excluding carboxylic acids is 1. The van der Waals surface area contributed by atoms with E-state index in [1.54, 1.807) is 0 Å². The van der Waals surface area contributed by atoms with Crippen LogP contribution < -0.4 is 10.6 Å². The average Bonchev–Trinajstić information content (AvgIpc) is 2.46. The number of carbonyl (C=O) groups is 1. The van der Waals surface area contributed by atoms with Crippen molar-refractivity contribution in [1.82, 2.24) is 10.6 Å². The van der Waals surface area contributed by atoms with Crippen LogP contribution in [0.25, 0.3) is 0 Å². The second-order valence-electron chi connectivity index (χ2n) is 5.07. The van der Waals surface area contributed by atoms with E-state index in [9.17, 15) is 4.79 Å². The molecule has 18 heavy (non-hydrogen) atoms. The van der Waals surface area contributed by atoms with Crippen LogP contribution in [-0.4, -0.2) is 25.5 Å². The Hall–Kier alpha value is -1.35. The minimum atomic E-state index is -0.0621. The molecule has 2 N–H and O–H groups in total. The van der Waals surface area contributed by atoms with Crippen LogP contribution in [0.1, 0.15) is 31.2 Å². The van der Waals surface area contributed by atoms with E-state index in [-0.39, 0.29) is 11.8 Å². The minimum absolute atomic E-state index is 0.0621. The summed E-state index contributed by atoms with van der Waals surface area (Å²) in [5.41, 5.74) is 1.08. The molecule has 1 unspecified atom stereocenters. The van der Waals surface area contributed by atoms with Crippen molar-refractivity contribution in [3.63, 3.8) is 0 Å². The van der Waals surface area contributed by atoms with Gasteiger partial charge >= 0.3 is 0 Å². The number of benzene rings is 1. The molecule has 0 radical (unpaired) electrons. The molecule has 1 aliphatic rings. The zero-order valence-corrected chi connectivity index (χ0v) is 11.0. The predicted molar refractivity (Wildman–Crippen MR) is 73.5 cm³/mol. The molecule has 2 rings (SSSR count). The second-order valence-corrected chi connectivity index (χ2v) is 5.07. The summed E-state index contributed by atoms with van der Waals surface area (Å²) >= 11 is 0. The third-order valence-corrected chi connectivity index (χ3v) is 3.72. The van der Waals surface area contributed by atoms with Crippen molar-refractivity contribution >= 4 is 5.91 Å². The van der Waals surface area contributed by atoms with Gasteiger partial charge in [-0.25, -0.2) is 0 Å². The van der Waals surface area contributed by atoms with Gasteiger partial charge in [0.25, 0.3) is 0 Å². The highest BCUT2D eigenvalue weighted by atomic mass is 16.1. The van der Waals surface area contributed by atoms with E-state index < -0.39 is 0 Å². The van der Waals surface area contributed by atoms with E-state index in [4.69, 9.17) is 0 Å². The van der Waals surface area contributed by atoms with Gasteiger partial charge < -0.3 is 10.6 Å². The zero-order chi connectivity index (χ0) is 12.8. The van der Waals surface area contributed by atoms with Gasteiger partial charge in [0, 0.05) is 6.54 Å². The van der Waals surface area contributed by atoms with Crippen LogP contribution in [0.4, 0.5) is 0 Å². The van der Waals surface area contributed by atoms with Gasteiger partial charge in [-0.1, -0.05) is 30.3 Å². The first-order chi connectivity index (χ1) is 8.77. The Kier molecular flexibility index (Phi) is 4.76. The molecule has 1 atom stereocenters. The first-order valence-electron chi connectivity index (χ1n) is 6.80. The van der Waals surface area contributed by atoms with Crippen molar-refractivity contribution < 1.29 is 4.79 Å². The van der Waals surface area contributed by atoms with E-state index in [1.807, 2.05) is 37.3 Å². The summed E-state index contributed by atoms with van der Waals surface area (Å²) in [4.78, 5) is 12.1. The molecular formula is C15H22N2O. The van der Waals surface area contributed by atoms with Crippen molar-refractivity contribution in [2.45, 2.75) is 25.7 Å². The maximum absolute atomic E-state index is 12.1. The molecule has 1 aromatic rings. The summed E-state index contributed by atoms with van der Waals surface area (Å²) in [6.45, 7) is 4.94. The lowest BCUT2D eigenvalue weighted by atomic mass is 9.97. The van der Waals surface area contributed by atoms with Crippen LogP contribution in [0.15, 0.2) is 30.3 Å². The van der Waals surface area contributed by atoms with Gasteiger partial charge in [-0.3, -0.25) is 4.79 Å². The van der Waals surface area contributed by atoms with Gasteiger partial charge in [0.1, 0.15) is 0 Å². The Morgan fingerprint density at radius 2 is 2.00 bits per heavy atom. The fourth-order valence-corrected chi connectivity index (χ4v) is 2.38. The molecule has 3 nitrogen and oxygen atoms in total. The van der Waals surface area contributed by atoms with Crippen LogP contribution in [0.5, 0.6) is 0 Å². The monoisotopic (exact) mass is 246 g/mol. The molecule has 1 saturated heterocycles. The highest BCUT2D eigenvalue weighted by Crippen LogP contribution is 2.15. The fraction of sp³-hybridized carbons (Fsp3) is 0.533. The van der Waals surface area contributed by atoms with Crippen LogP contribution in [-0.2, 0) is 4.79 Å². The van der Waals surface area contributed by atoms with Gasteiger partial charge in [-0.05, 0) is 44.3 Å². The van der Waals surface area contributed by atoms with Crippen molar-refractivity contribution in [2.75, 3.05) is 19.6 Å². The van der Waals surface area contributed by atoms with Gasteiger partial charge in [-0.15, -0.1) is 0 Å². The Labute approximate surface area is 109 Å². The number of hydrogen-bond donors (Lipinski definition) is 2. The predicted octanol–water partition coefficient (Wildman–Crippen LogP) is 1.91. The van der Waals surface area contributed by atoms with Crippen LogP contribution in [0, 0.1) is 5.92 Å². The summed E-state index contributed by atoms with van der Waals surface area (Å²) in [5, 5.41) is 6.42. The van der Waals surface area contributed by atoms with Crippen LogP contribution in [0.2, 0.25) is 0 Å². The maximum Gasteiger partial charge on any atom is 0.227 e. The fourth-order valence-electron chi connectivity index (χ4n) is 2.38. The number of amides is 1. The first-order valence-corrected chi connectivity index (χ1v) is 6.80. The quantitative estimate of drug-likeness (QED) is 0.852. The Morgan fingerprint density at radius 3 is 2.67 bits per heavy atom. The SMILES string of the molecule is CC(C(=O)NCC1CCNCC1)c1ccccc1. The minimum Gasteiger partial charge on any atom is -0.355 e. The first kappa shape index (κ1) is 13.1. The molecule has 1 aliphatic heterocycles. The lowest BCUT2D eigenvalue weighted by molar-refractivity contribution is -0.122. The molecule has 0 spiro atoms. The Morgan fingerprint density at radius 1 is 1.33 bits per heavy atom. The van der Waals surface area contributed by atoms with Crippen LogP contribution in [0.3, 0.4) is 0 Å². The molecule has 1 aromatic carbocycles. The number of rotatable bonds is 4. The Bertz CT molecular complexity index is 371. The number of piperidine rings is 1. The van der Waals surface area contributed by atoms with E-state index in [0.29, 0.717) is 5.92 Å². The Balaban J connectivity index is 1.80. The molecule has 0 saturated carbocycles. The average molecular weight is 246 g/mol. The molecule has 0 aromatic heterocycles. The molecule has 3 heteroatoms. The van der Waals surface area contributed by atoms with Crippen molar-refractivity contribution in [1.29, 1.82) is 0 Å².